The highest BCUT2D eigenvalue weighted by atomic mass is 14.8. The zero-order chi connectivity index (χ0) is 18.9. The summed E-state index contributed by atoms with van der Waals surface area (Å²) in [5, 5.41) is 0. The summed E-state index contributed by atoms with van der Waals surface area (Å²) in [6.07, 6.45) is 12.4. The first kappa shape index (κ1) is 19.3. The van der Waals surface area contributed by atoms with Crippen LogP contribution < -0.4 is 0 Å². The van der Waals surface area contributed by atoms with Gasteiger partial charge in [0.05, 0.1) is 0 Å². The summed E-state index contributed by atoms with van der Waals surface area (Å²) < 4.78 is 0. The van der Waals surface area contributed by atoms with E-state index in [2.05, 4.69) is 48.5 Å². The Kier molecular flexibility index (Phi) is 4.84. The highest BCUT2D eigenvalue weighted by Crippen LogP contribution is 2.82. The average molecular weight is 359 g/mol. The van der Waals surface area contributed by atoms with E-state index in [1.807, 2.05) is 0 Å². The highest BCUT2D eigenvalue weighted by Gasteiger charge is 2.76. The van der Waals surface area contributed by atoms with Gasteiger partial charge in [0.2, 0.25) is 0 Å². The predicted molar refractivity (Wildman–Crippen MR) is 113 cm³/mol. The van der Waals surface area contributed by atoms with Crippen LogP contribution in [0.3, 0.4) is 0 Å². The number of fused-ring (bicyclic) bond motifs is 3. The van der Waals surface area contributed by atoms with Crippen LogP contribution in [0.2, 0.25) is 0 Å². The van der Waals surface area contributed by atoms with Gasteiger partial charge in [-0.2, -0.15) is 0 Å². The van der Waals surface area contributed by atoms with Crippen LogP contribution in [0.1, 0.15) is 99.8 Å². The third-order valence-electron chi connectivity index (χ3n) is 10.6. The quantitative estimate of drug-likeness (QED) is 0.482. The predicted octanol–water partition coefficient (Wildman–Crippen LogP) is 7.82. The van der Waals surface area contributed by atoms with Crippen molar-refractivity contribution < 1.29 is 0 Å². The molecule has 0 heteroatoms. The first-order valence-corrected chi connectivity index (χ1v) is 12.2. The monoisotopic (exact) mass is 358 g/mol. The lowest BCUT2D eigenvalue weighted by Gasteiger charge is -2.42. The molecule has 8 saturated carbocycles. The molecule has 8 fully saturated rings. The standard InChI is InChI=1S/2C9H16.C8H14/c1-7(2)9-4-3-8(5-9)6-9;1-6(2)9-7-3-4-8(9)5-7;1-5(2)8-4-7(8)6(8)3/h7-8H,3-6H2,1-2H3;6-9H,3-5H2,1-2H3;5-7H,4H2,1-3H3. The summed E-state index contributed by atoms with van der Waals surface area (Å²) in [6.45, 7) is 16.7. The van der Waals surface area contributed by atoms with Crippen LogP contribution in [0.25, 0.3) is 0 Å². The molecule has 0 nitrogen and oxygen atoms in total. The van der Waals surface area contributed by atoms with Gasteiger partial charge >= 0.3 is 0 Å². The second-order valence-corrected chi connectivity index (χ2v) is 12.4. The fourth-order valence-electron chi connectivity index (χ4n) is 8.25. The van der Waals surface area contributed by atoms with E-state index in [0.717, 1.165) is 64.1 Å². The molecule has 150 valence electrons. The molecular weight excluding hydrogens is 312 g/mol. The average Bonchev–Trinajstić information content (AvgIpc) is 3.03. The van der Waals surface area contributed by atoms with E-state index < -0.39 is 0 Å². The molecule has 8 rings (SSSR count). The molecule has 0 amide bonds. The zero-order valence-electron chi connectivity index (χ0n) is 18.9. The van der Waals surface area contributed by atoms with Gasteiger partial charge in [0.1, 0.15) is 0 Å². The molecule has 4 bridgehead atoms. The van der Waals surface area contributed by atoms with Crippen molar-refractivity contribution in [3.8, 4) is 0 Å². The Balaban J connectivity index is 0.0000000972. The highest BCUT2D eigenvalue weighted by molar-refractivity contribution is 5.24. The minimum atomic E-state index is 0.838. The zero-order valence-corrected chi connectivity index (χ0v) is 18.9. The van der Waals surface area contributed by atoms with E-state index in [1.165, 1.54) is 12.8 Å². The van der Waals surface area contributed by atoms with Gasteiger partial charge < -0.3 is 0 Å². The van der Waals surface area contributed by atoms with Gasteiger partial charge in [-0.3, -0.25) is 0 Å². The van der Waals surface area contributed by atoms with E-state index in [1.54, 1.807) is 38.5 Å². The molecular formula is C26H46. The molecule has 0 heterocycles. The minimum absolute atomic E-state index is 0.838. The van der Waals surface area contributed by atoms with Gasteiger partial charge in [-0.25, -0.2) is 0 Å². The summed E-state index contributed by atoms with van der Waals surface area (Å²) >= 11 is 0. The molecule has 0 aliphatic heterocycles. The molecule has 8 aliphatic rings. The Bertz CT molecular complexity index is 483. The van der Waals surface area contributed by atoms with Crippen LogP contribution in [0, 0.1) is 64.1 Å². The summed E-state index contributed by atoms with van der Waals surface area (Å²) in [7, 11) is 0. The van der Waals surface area contributed by atoms with E-state index >= 15 is 0 Å². The molecule has 8 aliphatic carbocycles. The Labute approximate surface area is 164 Å². The smallest absolute Gasteiger partial charge is 0.0212 e. The van der Waals surface area contributed by atoms with Crippen molar-refractivity contribution in [3.63, 3.8) is 0 Å². The Hall–Kier alpha value is 0. The lowest BCUT2D eigenvalue weighted by molar-refractivity contribution is 0.0822. The van der Waals surface area contributed by atoms with Crippen molar-refractivity contribution in [2.24, 2.45) is 64.1 Å². The van der Waals surface area contributed by atoms with Crippen LogP contribution in [0.5, 0.6) is 0 Å². The Morgan fingerprint density at radius 1 is 0.769 bits per heavy atom. The maximum atomic E-state index is 2.40. The second-order valence-electron chi connectivity index (χ2n) is 12.4. The van der Waals surface area contributed by atoms with Crippen LogP contribution >= 0.6 is 0 Å². The maximum Gasteiger partial charge on any atom is -0.0212 e. The summed E-state index contributed by atoms with van der Waals surface area (Å²) in [5.74, 6) is 9.70. The van der Waals surface area contributed by atoms with Crippen LogP contribution in [0.4, 0.5) is 0 Å². The Morgan fingerprint density at radius 3 is 1.50 bits per heavy atom. The van der Waals surface area contributed by atoms with Crippen molar-refractivity contribution in [2.75, 3.05) is 0 Å². The SMILES string of the molecule is CC(C)C12CC1C2C.CC(C)C12CCC(C1)C2.CC(C)C1C2CCC1C2. The van der Waals surface area contributed by atoms with E-state index in [9.17, 15) is 0 Å². The molecule has 0 radical (unpaired) electrons. The molecule has 0 aromatic heterocycles. The summed E-state index contributed by atoms with van der Waals surface area (Å²) in [4.78, 5) is 0. The fourth-order valence-corrected chi connectivity index (χ4v) is 8.25. The van der Waals surface area contributed by atoms with Gasteiger partial charge in [0.15, 0.2) is 0 Å². The van der Waals surface area contributed by atoms with Gasteiger partial charge in [-0.05, 0) is 115 Å². The molecule has 26 heavy (non-hydrogen) atoms. The van der Waals surface area contributed by atoms with Gasteiger partial charge in [-0.1, -0.05) is 48.5 Å². The third-order valence-corrected chi connectivity index (χ3v) is 10.6. The molecule has 5 atom stereocenters. The topological polar surface area (TPSA) is 0 Å². The van der Waals surface area contributed by atoms with Gasteiger partial charge in [-0.15, -0.1) is 0 Å². The van der Waals surface area contributed by atoms with E-state index in [4.69, 9.17) is 0 Å². The molecule has 0 aromatic carbocycles. The molecule has 0 spiro atoms. The van der Waals surface area contributed by atoms with Crippen molar-refractivity contribution in [2.45, 2.75) is 99.8 Å². The van der Waals surface area contributed by atoms with Crippen molar-refractivity contribution in [1.82, 2.24) is 0 Å². The van der Waals surface area contributed by atoms with E-state index in [-0.39, 0.29) is 0 Å². The lowest BCUT2D eigenvalue weighted by atomic mass is 9.63. The molecule has 0 saturated heterocycles. The van der Waals surface area contributed by atoms with Crippen molar-refractivity contribution in [1.29, 1.82) is 0 Å². The van der Waals surface area contributed by atoms with Gasteiger partial charge in [0, 0.05) is 0 Å². The van der Waals surface area contributed by atoms with Gasteiger partial charge in [0.25, 0.3) is 0 Å². The Morgan fingerprint density at radius 2 is 1.35 bits per heavy atom. The minimum Gasteiger partial charge on any atom is -0.0625 e. The summed E-state index contributed by atoms with van der Waals surface area (Å²) in [5.41, 5.74) is 1.71. The first-order chi connectivity index (χ1) is 12.2. The number of rotatable bonds is 3. The largest absolute Gasteiger partial charge is 0.0625 e. The lowest BCUT2D eigenvalue weighted by Crippen LogP contribution is -2.32. The van der Waals surface area contributed by atoms with Crippen molar-refractivity contribution >= 4 is 0 Å². The summed E-state index contributed by atoms with van der Waals surface area (Å²) in [6, 6.07) is 0. The number of hydrogen-bond acceptors (Lipinski definition) is 0. The molecule has 0 aromatic rings. The van der Waals surface area contributed by atoms with Crippen LogP contribution in [0.15, 0.2) is 0 Å². The molecule has 0 N–H and O–H groups in total. The maximum absolute atomic E-state index is 2.40. The fraction of sp³-hybridized carbons (Fsp3) is 1.00. The number of hydrogen-bond donors (Lipinski definition) is 0. The first-order valence-electron chi connectivity index (χ1n) is 12.2. The van der Waals surface area contributed by atoms with Crippen molar-refractivity contribution in [3.05, 3.63) is 0 Å². The van der Waals surface area contributed by atoms with Crippen LogP contribution in [-0.4, -0.2) is 0 Å². The van der Waals surface area contributed by atoms with Crippen LogP contribution in [-0.2, 0) is 0 Å². The normalized spacial score (nSPS) is 51.0. The van der Waals surface area contributed by atoms with E-state index in [0.29, 0.717) is 0 Å². The molecule has 5 unspecified atom stereocenters. The second kappa shape index (κ2) is 6.52. The third kappa shape index (κ3) is 2.91.